The van der Waals surface area contributed by atoms with Gasteiger partial charge in [0.2, 0.25) is 0 Å². The minimum atomic E-state index is -1.27. The molecule has 1 aliphatic heterocycles. The van der Waals surface area contributed by atoms with Crippen molar-refractivity contribution in [2.45, 2.75) is 12.3 Å². The molecule has 1 aromatic carbocycles. The van der Waals surface area contributed by atoms with Gasteiger partial charge in [-0.2, -0.15) is 0 Å². The smallest absolute Gasteiger partial charge is 0.407 e. The van der Waals surface area contributed by atoms with Gasteiger partial charge in [0, 0.05) is 31.7 Å². The number of likely N-dealkylation sites (tertiary alicyclic amines) is 1. The van der Waals surface area contributed by atoms with Crippen molar-refractivity contribution in [2.24, 2.45) is 5.92 Å². The maximum absolute atomic E-state index is 13.8. The lowest BCUT2D eigenvalue weighted by Gasteiger charge is -2.36. The SMILES string of the molecule is O=C(O)N1CCC(c2cc(F)c(F)cc2F)C(CO)C1. The van der Waals surface area contributed by atoms with E-state index in [1.54, 1.807) is 0 Å². The Morgan fingerprint density at radius 3 is 2.50 bits per heavy atom. The maximum atomic E-state index is 13.8. The number of piperidine rings is 1. The third-order valence-electron chi connectivity index (χ3n) is 3.68. The Labute approximate surface area is 113 Å². The maximum Gasteiger partial charge on any atom is 0.407 e. The van der Waals surface area contributed by atoms with Crippen LogP contribution in [0.4, 0.5) is 18.0 Å². The number of aliphatic hydroxyl groups is 1. The first kappa shape index (κ1) is 14.6. The molecule has 1 aromatic rings. The number of hydrogen-bond acceptors (Lipinski definition) is 2. The fraction of sp³-hybridized carbons (Fsp3) is 0.462. The summed E-state index contributed by atoms with van der Waals surface area (Å²) in [6, 6.07) is 1.26. The Morgan fingerprint density at radius 1 is 1.25 bits per heavy atom. The van der Waals surface area contributed by atoms with Crippen LogP contribution in [0.3, 0.4) is 0 Å². The predicted octanol–water partition coefficient (Wildman–Crippen LogP) is 2.18. The number of amides is 1. The van der Waals surface area contributed by atoms with Gasteiger partial charge in [-0.05, 0) is 24.0 Å². The van der Waals surface area contributed by atoms with Crippen LogP contribution in [0.5, 0.6) is 0 Å². The van der Waals surface area contributed by atoms with Gasteiger partial charge in [-0.1, -0.05) is 0 Å². The van der Waals surface area contributed by atoms with Crippen molar-refractivity contribution in [1.82, 2.24) is 4.90 Å². The van der Waals surface area contributed by atoms with E-state index in [1.165, 1.54) is 0 Å². The van der Waals surface area contributed by atoms with E-state index in [4.69, 9.17) is 5.11 Å². The van der Waals surface area contributed by atoms with Crippen molar-refractivity contribution in [3.8, 4) is 0 Å². The number of halogens is 3. The van der Waals surface area contributed by atoms with Gasteiger partial charge in [0.25, 0.3) is 0 Å². The lowest BCUT2D eigenvalue weighted by Crippen LogP contribution is -2.43. The summed E-state index contributed by atoms with van der Waals surface area (Å²) < 4.78 is 39.9. The molecular formula is C13H14F3NO3. The second-order valence-electron chi connectivity index (χ2n) is 4.85. The number of nitrogens with zero attached hydrogens (tertiary/aromatic N) is 1. The highest BCUT2D eigenvalue weighted by atomic mass is 19.2. The summed E-state index contributed by atoms with van der Waals surface area (Å²) in [6.45, 7) is -0.156. The molecule has 1 heterocycles. The van der Waals surface area contributed by atoms with Gasteiger partial charge in [0.05, 0.1) is 0 Å². The minimum Gasteiger partial charge on any atom is -0.465 e. The van der Waals surface area contributed by atoms with Gasteiger partial charge in [0.1, 0.15) is 5.82 Å². The van der Waals surface area contributed by atoms with Gasteiger partial charge >= 0.3 is 6.09 Å². The highest BCUT2D eigenvalue weighted by Crippen LogP contribution is 2.35. The Morgan fingerprint density at radius 2 is 1.90 bits per heavy atom. The monoisotopic (exact) mass is 289 g/mol. The molecule has 1 saturated heterocycles. The molecule has 0 aromatic heterocycles. The van der Waals surface area contributed by atoms with E-state index in [2.05, 4.69) is 0 Å². The van der Waals surface area contributed by atoms with Crippen LogP contribution in [0.2, 0.25) is 0 Å². The molecule has 4 nitrogen and oxygen atoms in total. The number of benzene rings is 1. The van der Waals surface area contributed by atoms with Crippen molar-refractivity contribution >= 4 is 6.09 Å². The minimum absolute atomic E-state index is 0.0204. The molecular weight excluding hydrogens is 275 g/mol. The summed E-state index contributed by atoms with van der Waals surface area (Å²) in [5.74, 6) is -4.38. The van der Waals surface area contributed by atoms with Crippen LogP contribution in [0.25, 0.3) is 0 Å². The van der Waals surface area contributed by atoms with E-state index in [-0.39, 0.29) is 31.7 Å². The van der Waals surface area contributed by atoms with Crippen molar-refractivity contribution in [3.63, 3.8) is 0 Å². The molecule has 2 unspecified atom stereocenters. The summed E-state index contributed by atoms with van der Waals surface area (Å²) in [4.78, 5) is 12.0. The molecule has 2 atom stereocenters. The number of carbonyl (C=O) groups is 1. The van der Waals surface area contributed by atoms with E-state index in [9.17, 15) is 23.1 Å². The molecule has 0 saturated carbocycles. The summed E-state index contributed by atoms with van der Waals surface area (Å²) in [5.41, 5.74) is -0.0204. The lowest BCUT2D eigenvalue weighted by molar-refractivity contribution is 0.0878. The topological polar surface area (TPSA) is 60.8 Å². The number of rotatable bonds is 2. The van der Waals surface area contributed by atoms with Crippen LogP contribution in [-0.4, -0.2) is 40.9 Å². The standard InChI is InChI=1S/C13H14F3NO3/c14-10-4-12(16)11(15)3-9(10)8-1-2-17(13(19)20)5-7(8)6-18/h3-4,7-8,18H,1-2,5-6H2,(H,19,20). The zero-order valence-corrected chi connectivity index (χ0v) is 10.5. The summed E-state index contributed by atoms with van der Waals surface area (Å²) in [7, 11) is 0. The number of carboxylic acid groups (broad SMARTS) is 1. The van der Waals surface area contributed by atoms with E-state index >= 15 is 0 Å². The summed E-state index contributed by atoms with van der Waals surface area (Å²) in [5, 5.41) is 18.2. The first-order valence-electron chi connectivity index (χ1n) is 6.17. The van der Waals surface area contributed by atoms with E-state index < -0.39 is 35.4 Å². The number of hydrogen-bond donors (Lipinski definition) is 2. The summed E-state index contributed by atoms with van der Waals surface area (Å²) in [6.07, 6.45) is -0.868. The third kappa shape index (κ3) is 2.72. The molecule has 20 heavy (non-hydrogen) atoms. The number of aliphatic hydroxyl groups excluding tert-OH is 1. The highest BCUT2D eigenvalue weighted by molar-refractivity contribution is 5.65. The van der Waals surface area contributed by atoms with E-state index in [0.29, 0.717) is 6.07 Å². The molecule has 0 spiro atoms. The normalized spacial score (nSPS) is 22.9. The van der Waals surface area contributed by atoms with Gasteiger partial charge in [-0.3, -0.25) is 0 Å². The van der Waals surface area contributed by atoms with Crippen LogP contribution >= 0.6 is 0 Å². The first-order valence-corrected chi connectivity index (χ1v) is 6.17. The van der Waals surface area contributed by atoms with Gasteiger partial charge < -0.3 is 15.1 Å². The van der Waals surface area contributed by atoms with Crippen molar-refractivity contribution in [2.75, 3.05) is 19.7 Å². The van der Waals surface area contributed by atoms with Crippen LogP contribution in [-0.2, 0) is 0 Å². The quantitative estimate of drug-likeness (QED) is 0.820. The zero-order valence-electron chi connectivity index (χ0n) is 10.5. The molecule has 0 aliphatic carbocycles. The average molecular weight is 289 g/mol. The molecule has 2 N–H and O–H groups in total. The second-order valence-corrected chi connectivity index (χ2v) is 4.85. The van der Waals surface area contributed by atoms with Gasteiger partial charge in [-0.15, -0.1) is 0 Å². The molecule has 0 bridgehead atoms. The largest absolute Gasteiger partial charge is 0.465 e. The summed E-state index contributed by atoms with van der Waals surface area (Å²) >= 11 is 0. The van der Waals surface area contributed by atoms with Crippen molar-refractivity contribution in [1.29, 1.82) is 0 Å². The molecule has 0 radical (unpaired) electrons. The van der Waals surface area contributed by atoms with Crippen LogP contribution in [0.15, 0.2) is 12.1 Å². The molecule has 1 amide bonds. The lowest BCUT2D eigenvalue weighted by atomic mass is 9.80. The van der Waals surface area contributed by atoms with Gasteiger partial charge in [0.15, 0.2) is 11.6 Å². The first-order chi connectivity index (χ1) is 9.43. The Balaban J connectivity index is 2.28. The van der Waals surface area contributed by atoms with Crippen LogP contribution in [0.1, 0.15) is 17.9 Å². The zero-order chi connectivity index (χ0) is 14.9. The molecule has 2 rings (SSSR count). The molecule has 1 aliphatic rings. The van der Waals surface area contributed by atoms with Crippen LogP contribution in [0, 0.1) is 23.4 Å². The van der Waals surface area contributed by atoms with Crippen molar-refractivity contribution in [3.05, 3.63) is 35.1 Å². The fourth-order valence-corrected chi connectivity index (χ4v) is 2.62. The third-order valence-corrected chi connectivity index (χ3v) is 3.68. The van der Waals surface area contributed by atoms with Gasteiger partial charge in [-0.25, -0.2) is 18.0 Å². The molecule has 1 fully saturated rings. The Kier molecular flexibility index (Phi) is 4.17. The van der Waals surface area contributed by atoms with Crippen LogP contribution < -0.4 is 0 Å². The predicted molar refractivity (Wildman–Crippen MR) is 63.8 cm³/mol. The highest BCUT2D eigenvalue weighted by Gasteiger charge is 2.33. The molecule has 110 valence electrons. The second kappa shape index (κ2) is 5.70. The molecule has 7 heteroatoms. The van der Waals surface area contributed by atoms with E-state index in [0.717, 1.165) is 11.0 Å². The fourth-order valence-electron chi connectivity index (χ4n) is 2.62. The van der Waals surface area contributed by atoms with Crippen molar-refractivity contribution < 1.29 is 28.2 Å². The average Bonchev–Trinajstić information content (AvgIpc) is 2.42. The Hall–Kier alpha value is -1.76. The van der Waals surface area contributed by atoms with E-state index in [1.807, 2.05) is 0 Å². The Bertz CT molecular complexity index is 524.